The summed E-state index contributed by atoms with van der Waals surface area (Å²) in [6, 6.07) is 6.26. The number of hydrogen-bond donors (Lipinski definition) is 1. The second kappa shape index (κ2) is 7.14. The molecule has 25 heavy (non-hydrogen) atoms. The molecule has 2 atom stereocenters. The summed E-state index contributed by atoms with van der Waals surface area (Å²) in [6.45, 7) is 8.03. The van der Waals surface area contributed by atoms with Crippen molar-refractivity contribution in [3.8, 4) is 5.69 Å². The molecule has 0 aliphatic heterocycles. The topological polar surface area (TPSA) is 68.8 Å². The van der Waals surface area contributed by atoms with Gasteiger partial charge in [0.1, 0.15) is 5.82 Å². The van der Waals surface area contributed by atoms with Crippen LogP contribution in [0.3, 0.4) is 0 Å². The van der Waals surface area contributed by atoms with Gasteiger partial charge in [-0.25, -0.2) is 9.07 Å². The van der Waals surface area contributed by atoms with Crippen LogP contribution in [0.1, 0.15) is 55.9 Å². The second-order valence-electron chi connectivity index (χ2n) is 6.07. The first-order valence-corrected chi connectivity index (χ1v) is 8.38. The Morgan fingerprint density at radius 2 is 1.88 bits per heavy atom. The fraction of sp³-hybridized carbons (Fsp3) is 0.389. The minimum absolute atomic E-state index is 0.0428. The van der Waals surface area contributed by atoms with E-state index < -0.39 is 0 Å². The zero-order chi connectivity index (χ0) is 18.0. The Hall–Kier alpha value is -2.54. The van der Waals surface area contributed by atoms with Gasteiger partial charge in [-0.15, -0.1) is 10.2 Å². The molecule has 0 aliphatic rings. The summed E-state index contributed by atoms with van der Waals surface area (Å²) in [5, 5.41) is 16.0. The van der Waals surface area contributed by atoms with Gasteiger partial charge in [-0.2, -0.15) is 5.10 Å². The quantitative estimate of drug-likeness (QED) is 0.739. The van der Waals surface area contributed by atoms with Gasteiger partial charge in [-0.1, -0.05) is 6.92 Å². The average Bonchev–Trinajstić information content (AvgIpc) is 3.22. The van der Waals surface area contributed by atoms with Gasteiger partial charge >= 0.3 is 0 Å². The summed E-state index contributed by atoms with van der Waals surface area (Å²) < 4.78 is 20.5. The number of nitrogens with zero attached hydrogens (tertiary/aromatic N) is 4. The third-order valence-electron chi connectivity index (χ3n) is 4.24. The standard InChI is InChI=1S/C18H22FN5O/c1-5-17-22-23-18(25-17)12(3)21-11(2)16-10-20-24(13(16)4)15-8-6-14(19)7-9-15/h6-12,21H,5H2,1-4H3. The van der Waals surface area contributed by atoms with Crippen molar-refractivity contribution in [2.24, 2.45) is 0 Å². The first kappa shape index (κ1) is 17.3. The molecule has 0 saturated carbocycles. The number of aromatic nitrogens is 4. The van der Waals surface area contributed by atoms with Gasteiger partial charge in [0, 0.05) is 23.7 Å². The summed E-state index contributed by atoms with van der Waals surface area (Å²) in [4.78, 5) is 0. The highest BCUT2D eigenvalue weighted by Gasteiger charge is 2.20. The van der Waals surface area contributed by atoms with Crippen LogP contribution in [0.25, 0.3) is 5.69 Å². The van der Waals surface area contributed by atoms with E-state index in [1.807, 2.05) is 27.0 Å². The minimum atomic E-state index is -0.261. The Bertz CT molecular complexity index is 840. The van der Waals surface area contributed by atoms with E-state index in [2.05, 4.69) is 27.5 Å². The Morgan fingerprint density at radius 1 is 1.16 bits per heavy atom. The maximum Gasteiger partial charge on any atom is 0.233 e. The number of benzene rings is 1. The van der Waals surface area contributed by atoms with Crippen LogP contribution in [0.15, 0.2) is 34.9 Å². The molecule has 3 rings (SSSR count). The molecular formula is C18H22FN5O. The molecular weight excluding hydrogens is 321 g/mol. The zero-order valence-electron chi connectivity index (χ0n) is 14.8. The van der Waals surface area contributed by atoms with Crippen LogP contribution < -0.4 is 5.32 Å². The van der Waals surface area contributed by atoms with Gasteiger partial charge < -0.3 is 4.42 Å². The first-order valence-electron chi connectivity index (χ1n) is 8.38. The van der Waals surface area contributed by atoms with Crippen LogP contribution in [0.2, 0.25) is 0 Å². The van der Waals surface area contributed by atoms with Crippen LogP contribution in [0.4, 0.5) is 4.39 Å². The minimum Gasteiger partial charge on any atom is -0.424 e. The van der Waals surface area contributed by atoms with E-state index in [9.17, 15) is 4.39 Å². The highest BCUT2D eigenvalue weighted by molar-refractivity contribution is 5.35. The van der Waals surface area contributed by atoms with E-state index in [4.69, 9.17) is 4.42 Å². The Labute approximate surface area is 146 Å². The summed E-state index contributed by atoms with van der Waals surface area (Å²) >= 11 is 0. The van der Waals surface area contributed by atoms with Crippen LogP contribution >= 0.6 is 0 Å². The number of rotatable bonds is 6. The molecule has 2 heterocycles. The fourth-order valence-corrected chi connectivity index (χ4v) is 2.81. The molecule has 1 N–H and O–H groups in total. The van der Waals surface area contributed by atoms with Crippen molar-refractivity contribution in [3.63, 3.8) is 0 Å². The van der Waals surface area contributed by atoms with Crippen molar-refractivity contribution in [3.05, 3.63) is 59.3 Å². The van der Waals surface area contributed by atoms with Gasteiger partial charge in [0.25, 0.3) is 0 Å². The molecule has 0 radical (unpaired) electrons. The molecule has 0 aliphatic carbocycles. The maximum absolute atomic E-state index is 13.1. The Balaban J connectivity index is 1.76. The summed E-state index contributed by atoms with van der Waals surface area (Å²) in [5.74, 6) is 0.951. The van der Waals surface area contributed by atoms with Gasteiger partial charge in [0.05, 0.1) is 17.9 Å². The zero-order valence-corrected chi connectivity index (χ0v) is 14.8. The highest BCUT2D eigenvalue weighted by Crippen LogP contribution is 2.23. The lowest BCUT2D eigenvalue weighted by Gasteiger charge is -2.17. The molecule has 0 spiro atoms. The fourth-order valence-electron chi connectivity index (χ4n) is 2.81. The van der Waals surface area contributed by atoms with Crippen molar-refractivity contribution < 1.29 is 8.81 Å². The maximum atomic E-state index is 13.1. The van der Waals surface area contributed by atoms with Crippen LogP contribution in [0, 0.1) is 12.7 Å². The lowest BCUT2D eigenvalue weighted by molar-refractivity contribution is 0.374. The molecule has 0 amide bonds. The number of nitrogens with one attached hydrogen (secondary N) is 1. The van der Waals surface area contributed by atoms with Gasteiger partial charge in [0.2, 0.25) is 11.8 Å². The number of hydrogen-bond acceptors (Lipinski definition) is 5. The SMILES string of the molecule is CCc1nnc(C(C)NC(C)c2cnn(-c3ccc(F)cc3)c2C)o1. The molecule has 2 unspecified atom stereocenters. The summed E-state index contributed by atoms with van der Waals surface area (Å²) in [7, 11) is 0. The van der Waals surface area contributed by atoms with Crippen molar-refractivity contribution in [2.45, 2.75) is 46.2 Å². The Morgan fingerprint density at radius 3 is 2.52 bits per heavy atom. The predicted octanol–water partition coefficient (Wildman–Crippen LogP) is 3.68. The molecule has 1 aromatic carbocycles. The molecule has 132 valence electrons. The summed E-state index contributed by atoms with van der Waals surface area (Å²) in [6.07, 6.45) is 2.55. The van der Waals surface area contributed by atoms with Crippen LogP contribution in [-0.4, -0.2) is 20.0 Å². The smallest absolute Gasteiger partial charge is 0.233 e. The van der Waals surface area contributed by atoms with Crippen molar-refractivity contribution in [2.75, 3.05) is 0 Å². The van der Waals surface area contributed by atoms with Crippen molar-refractivity contribution in [1.29, 1.82) is 0 Å². The van der Waals surface area contributed by atoms with E-state index in [-0.39, 0.29) is 17.9 Å². The van der Waals surface area contributed by atoms with Gasteiger partial charge in [0.15, 0.2) is 0 Å². The lowest BCUT2D eigenvalue weighted by atomic mass is 10.1. The van der Waals surface area contributed by atoms with Crippen molar-refractivity contribution in [1.82, 2.24) is 25.3 Å². The number of aryl methyl sites for hydroxylation is 1. The summed E-state index contributed by atoms with van der Waals surface area (Å²) in [5.41, 5.74) is 2.89. The van der Waals surface area contributed by atoms with Crippen molar-refractivity contribution >= 4 is 0 Å². The highest BCUT2D eigenvalue weighted by atomic mass is 19.1. The molecule has 3 aromatic rings. The second-order valence-corrected chi connectivity index (χ2v) is 6.07. The van der Waals surface area contributed by atoms with Gasteiger partial charge in [-0.05, 0) is 45.0 Å². The van der Waals surface area contributed by atoms with E-state index in [0.29, 0.717) is 11.8 Å². The molecule has 0 fully saturated rings. The lowest BCUT2D eigenvalue weighted by Crippen LogP contribution is -2.23. The van der Waals surface area contributed by atoms with Crippen LogP contribution in [-0.2, 0) is 6.42 Å². The van der Waals surface area contributed by atoms with E-state index >= 15 is 0 Å². The first-order chi connectivity index (χ1) is 12.0. The molecule has 6 nitrogen and oxygen atoms in total. The van der Waals surface area contributed by atoms with Crippen LogP contribution in [0.5, 0.6) is 0 Å². The normalized spacial score (nSPS) is 13.8. The largest absolute Gasteiger partial charge is 0.424 e. The average molecular weight is 343 g/mol. The van der Waals surface area contributed by atoms with E-state index in [1.54, 1.807) is 16.8 Å². The van der Waals surface area contributed by atoms with Gasteiger partial charge in [-0.3, -0.25) is 5.32 Å². The monoisotopic (exact) mass is 343 g/mol. The molecule has 2 aromatic heterocycles. The predicted molar refractivity (Wildman–Crippen MR) is 91.9 cm³/mol. The Kier molecular flexibility index (Phi) is 4.94. The van der Waals surface area contributed by atoms with E-state index in [1.165, 1.54) is 12.1 Å². The van der Waals surface area contributed by atoms with E-state index in [0.717, 1.165) is 23.4 Å². The molecule has 7 heteroatoms. The number of halogens is 1. The molecule has 0 bridgehead atoms. The third kappa shape index (κ3) is 3.61. The molecule has 0 saturated heterocycles. The third-order valence-corrected chi connectivity index (χ3v) is 4.24.